The molecule has 13 rings (SSSR count). The van der Waals surface area contributed by atoms with Crippen molar-refractivity contribution in [1.82, 2.24) is 0 Å². The van der Waals surface area contributed by atoms with Crippen molar-refractivity contribution in [2.45, 2.75) is 0 Å². The fraction of sp³-hybridized carbons (Fsp3) is 0. The average molecular weight is 783 g/mol. The second-order valence-corrected chi connectivity index (χ2v) is 16.9. The summed E-state index contributed by atoms with van der Waals surface area (Å²) in [7, 11) is 0. The minimum Gasteiger partial charge on any atom is -0.0616 e. The number of benzene rings is 12. The van der Waals surface area contributed by atoms with E-state index in [2.05, 4.69) is 231 Å². The van der Waals surface area contributed by atoms with E-state index in [1.54, 1.807) is 0 Å². The van der Waals surface area contributed by atoms with E-state index in [4.69, 9.17) is 0 Å². The lowest BCUT2D eigenvalue weighted by molar-refractivity contribution is 1.54. The molecule has 12 aromatic rings. The number of hydrogen-bond donors (Lipinski definition) is 0. The lowest BCUT2D eigenvalue weighted by atomic mass is 9.79. The van der Waals surface area contributed by atoms with E-state index >= 15 is 0 Å². The fourth-order valence-electron chi connectivity index (χ4n) is 10.3. The standard InChI is InChI=1S/C62H38/c1-3-15-41-29-51(27-25-39(41)13-1)53-31-43-17-5-10-22-48(43)36-58(53)61(52-28-26-40-14-2-4-16-42(40)30-52)62-59-37-49-23-11-8-20-46(49)34-56(59)54-32-44-18-6-7-19-45(44)33-55(54)57-35-47-21-9-12-24-50(47)38-60(57)62/h1-38H. The summed E-state index contributed by atoms with van der Waals surface area (Å²) in [5.74, 6) is 0. The summed E-state index contributed by atoms with van der Waals surface area (Å²) in [5.41, 5.74) is 14.7. The predicted octanol–water partition coefficient (Wildman–Crippen LogP) is 16.9. The summed E-state index contributed by atoms with van der Waals surface area (Å²) < 4.78 is 0. The van der Waals surface area contributed by atoms with E-state index in [0.29, 0.717) is 0 Å². The smallest absolute Gasteiger partial charge is 0.00137 e. The molecule has 0 saturated carbocycles. The highest BCUT2D eigenvalue weighted by molar-refractivity contribution is 6.19. The molecule has 0 nitrogen and oxygen atoms in total. The summed E-state index contributed by atoms with van der Waals surface area (Å²) in [6.07, 6.45) is 0. The van der Waals surface area contributed by atoms with Crippen LogP contribution >= 0.6 is 0 Å². The Bertz CT molecular complexity index is 3730. The predicted molar refractivity (Wildman–Crippen MR) is 266 cm³/mol. The number of hydrogen-bond acceptors (Lipinski definition) is 0. The van der Waals surface area contributed by atoms with Gasteiger partial charge in [0.2, 0.25) is 0 Å². The minimum atomic E-state index is 1.19. The Morgan fingerprint density at radius 2 is 0.516 bits per heavy atom. The van der Waals surface area contributed by atoms with Crippen molar-refractivity contribution >= 4 is 75.8 Å². The van der Waals surface area contributed by atoms with Crippen molar-refractivity contribution in [3.8, 4) is 33.4 Å². The van der Waals surface area contributed by atoms with E-state index in [1.807, 2.05) is 0 Å². The maximum atomic E-state index is 2.47. The van der Waals surface area contributed by atoms with E-state index in [0.717, 1.165) is 0 Å². The van der Waals surface area contributed by atoms with Crippen LogP contribution in [0.4, 0.5) is 0 Å². The zero-order valence-electron chi connectivity index (χ0n) is 33.9. The van der Waals surface area contributed by atoms with Gasteiger partial charge in [-0.25, -0.2) is 0 Å². The molecule has 0 unspecified atom stereocenters. The van der Waals surface area contributed by atoms with E-state index in [-0.39, 0.29) is 0 Å². The van der Waals surface area contributed by atoms with Crippen molar-refractivity contribution in [2.75, 3.05) is 0 Å². The highest BCUT2D eigenvalue weighted by Crippen LogP contribution is 2.53. The van der Waals surface area contributed by atoms with E-state index < -0.39 is 0 Å². The van der Waals surface area contributed by atoms with Gasteiger partial charge in [-0.15, -0.1) is 0 Å². The molecular formula is C62H38. The number of rotatable bonds is 3. The number of fused-ring (bicyclic) bond motifs is 11. The van der Waals surface area contributed by atoms with Crippen molar-refractivity contribution < 1.29 is 0 Å². The van der Waals surface area contributed by atoms with Crippen LogP contribution in [0.3, 0.4) is 0 Å². The molecule has 0 amide bonds. The van der Waals surface area contributed by atoms with Gasteiger partial charge in [0, 0.05) is 0 Å². The Labute approximate surface area is 360 Å². The van der Waals surface area contributed by atoms with Crippen molar-refractivity contribution in [3.05, 3.63) is 253 Å². The van der Waals surface area contributed by atoms with Crippen LogP contribution in [0.5, 0.6) is 0 Å². The second-order valence-electron chi connectivity index (χ2n) is 16.9. The third-order valence-electron chi connectivity index (χ3n) is 13.3. The highest BCUT2D eigenvalue weighted by atomic mass is 14.3. The molecule has 0 aromatic heterocycles. The van der Waals surface area contributed by atoms with Gasteiger partial charge in [-0.05, 0) is 192 Å². The summed E-state index contributed by atoms with van der Waals surface area (Å²) >= 11 is 0. The van der Waals surface area contributed by atoms with Gasteiger partial charge >= 0.3 is 0 Å². The Morgan fingerprint density at radius 1 is 0.210 bits per heavy atom. The Hall–Kier alpha value is -8.06. The van der Waals surface area contributed by atoms with Crippen LogP contribution in [0.25, 0.3) is 109 Å². The Balaban J connectivity index is 1.28. The maximum absolute atomic E-state index is 2.47. The Kier molecular flexibility index (Phi) is 7.71. The molecule has 286 valence electrons. The van der Waals surface area contributed by atoms with Gasteiger partial charge in [0.25, 0.3) is 0 Å². The van der Waals surface area contributed by atoms with E-state index in [9.17, 15) is 0 Å². The van der Waals surface area contributed by atoms with Gasteiger partial charge < -0.3 is 0 Å². The van der Waals surface area contributed by atoms with Crippen LogP contribution in [-0.4, -0.2) is 0 Å². The summed E-state index contributed by atoms with van der Waals surface area (Å²) in [4.78, 5) is 0. The molecule has 0 saturated heterocycles. The lowest BCUT2D eigenvalue weighted by Crippen LogP contribution is -2.01. The van der Waals surface area contributed by atoms with Crippen LogP contribution in [0.2, 0.25) is 0 Å². The van der Waals surface area contributed by atoms with Gasteiger partial charge in [-0.3, -0.25) is 0 Å². The average Bonchev–Trinajstić information content (AvgIpc) is 3.43. The quantitative estimate of drug-likeness (QED) is 0.167. The normalized spacial score (nSPS) is 12.2. The molecule has 0 fully saturated rings. The molecule has 1 aliphatic carbocycles. The van der Waals surface area contributed by atoms with Gasteiger partial charge in [0.15, 0.2) is 0 Å². The molecule has 0 N–H and O–H groups in total. The third kappa shape index (κ3) is 5.54. The molecule has 0 heteroatoms. The van der Waals surface area contributed by atoms with Gasteiger partial charge in [0.05, 0.1) is 0 Å². The largest absolute Gasteiger partial charge is 0.0616 e. The van der Waals surface area contributed by atoms with Crippen LogP contribution in [0, 0.1) is 0 Å². The lowest BCUT2D eigenvalue weighted by Gasteiger charge is -2.24. The summed E-state index contributed by atoms with van der Waals surface area (Å²) in [5, 5.41) is 14.7. The van der Waals surface area contributed by atoms with Crippen molar-refractivity contribution in [2.24, 2.45) is 0 Å². The summed E-state index contributed by atoms with van der Waals surface area (Å²) in [6.45, 7) is 0. The first-order valence-electron chi connectivity index (χ1n) is 21.6. The van der Waals surface area contributed by atoms with Crippen molar-refractivity contribution in [3.63, 3.8) is 0 Å². The fourth-order valence-corrected chi connectivity index (χ4v) is 10.3. The topological polar surface area (TPSA) is 0 Å². The van der Waals surface area contributed by atoms with Crippen LogP contribution < -0.4 is 0 Å². The molecule has 1 aliphatic rings. The first kappa shape index (κ1) is 34.8. The molecule has 0 aliphatic heterocycles. The molecule has 12 aromatic carbocycles. The molecule has 0 radical (unpaired) electrons. The van der Waals surface area contributed by atoms with Crippen LogP contribution in [0.15, 0.2) is 231 Å². The first-order valence-corrected chi connectivity index (χ1v) is 21.6. The van der Waals surface area contributed by atoms with Gasteiger partial charge in [-0.2, -0.15) is 0 Å². The van der Waals surface area contributed by atoms with Crippen LogP contribution in [-0.2, 0) is 0 Å². The van der Waals surface area contributed by atoms with Gasteiger partial charge in [-0.1, -0.05) is 170 Å². The zero-order chi connectivity index (χ0) is 40.7. The Morgan fingerprint density at radius 3 is 0.952 bits per heavy atom. The zero-order valence-corrected chi connectivity index (χ0v) is 33.9. The van der Waals surface area contributed by atoms with Crippen LogP contribution in [0.1, 0.15) is 22.3 Å². The molecule has 0 spiro atoms. The van der Waals surface area contributed by atoms with Crippen molar-refractivity contribution in [1.29, 1.82) is 0 Å². The van der Waals surface area contributed by atoms with Gasteiger partial charge in [0.1, 0.15) is 0 Å². The van der Waals surface area contributed by atoms with E-state index in [1.165, 1.54) is 131 Å². The molecular weight excluding hydrogens is 745 g/mol. The second kappa shape index (κ2) is 13.7. The summed E-state index contributed by atoms with van der Waals surface area (Å²) in [6, 6.07) is 86.6. The molecule has 62 heavy (non-hydrogen) atoms. The monoisotopic (exact) mass is 782 g/mol. The molecule has 0 heterocycles. The maximum Gasteiger partial charge on any atom is -0.00137 e. The molecule has 0 bridgehead atoms. The minimum absolute atomic E-state index is 1.19. The highest BCUT2D eigenvalue weighted by Gasteiger charge is 2.29. The SMILES string of the molecule is c1ccc2cc(C(=C3c4cc5ccccc5cc4-c4cc5ccccc5cc4-c4cc5ccccc5cc43)c3cc4ccccc4cc3-c3ccc4ccccc4c3)ccc2c1. The molecule has 0 atom stereocenters. The third-order valence-corrected chi connectivity index (χ3v) is 13.3. The first-order chi connectivity index (χ1) is 30.7.